The average Bonchev–Trinajstić information content (AvgIpc) is 1.83. The van der Waals surface area contributed by atoms with E-state index in [4.69, 9.17) is 6.42 Å². The molecule has 0 heteroatoms. The van der Waals surface area contributed by atoms with Gasteiger partial charge in [-0.05, 0) is 12.3 Å². The van der Waals surface area contributed by atoms with Crippen molar-refractivity contribution in [3.63, 3.8) is 0 Å². The molecule has 0 spiro atoms. The monoisotopic (exact) mass is 109 g/mol. The van der Waals surface area contributed by atoms with E-state index in [0.29, 0.717) is 5.92 Å². The van der Waals surface area contributed by atoms with E-state index in [1.54, 1.807) is 0 Å². The zero-order valence-electron chi connectivity index (χ0n) is 5.48. The maximum Gasteiger partial charge on any atom is 0.0114 e. The van der Waals surface area contributed by atoms with Gasteiger partial charge in [0.15, 0.2) is 0 Å². The highest BCUT2D eigenvalue weighted by molar-refractivity contribution is 4.86. The van der Waals surface area contributed by atoms with Gasteiger partial charge in [0.25, 0.3) is 0 Å². The zero-order chi connectivity index (χ0) is 6.41. The Morgan fingerprint density at radius 3 is 2.50 bits per heavy atom. The first-order chi connectivity index (χ1) is 3.85. The third-order valence-electron chi connectivity index (χ3n) is 1.39. The Morgan fingerprint density at radius 1 is 1.75 bits per heavy atom. The van der Waals surface area contributed by atoms with E-state index in [2.05, 4.69) is 19.8 Å². The fraction of sp³-hybridized carbons (Fsp3) is 0.625. The Balaban J connectivity index is 3.25. The molecule has 0 aliphatic rings. The van der Waals surface area contributed by atoms with Gasteiger partial charge in [0, 0.05) is 6.42 Å². The smallest absolute Gasteiger partial charge is 0.0114 e. The summed E-state index contributed by atoms with van der Waals surface area (Å²) in [5.41, 5.74) is 0. The van der Waals surface area contributed by atoms with Gasteiger partial charge in [-0.15, -0.1) is 12.3 Å². The zero-order valence-corrected chi connectivity index (χ0v) is 5.48. The van der Waals surface area contributed by atoms with Gasteiger partial charge in [-0.1, -0.05) is 20.3 Å². The van der Waals surface area contributed by atoms with E-state index >= 15 is 0 Å². The van der Waals surface area contributed by atoms with Crippen molar-refractivity contribution in [1.82, 2.24) is 0 Å². The second kappa shape index (κ2) is 4.71. The number of rotatable bonds is 3. The van der Waals surface area contributed by atoms with Crippen LogP contribution in [0.5, 0.6) is 0 Å². The van der Waals surface area contributed by atoms with Crippen LogP contribution in [-0.2, 0) is 0 Å². The molecule has 8 heavy (non-hydrogen) atoms. The van der Waals surface area contributed by atoms with Crippen molar-refractivity contribution >= 4 is 0 Å². The molecule has 0 fully saturated rings. The largest absolute Gasteiger partial charge is 0.120 e. The van der Waals surface area contributed by atoms with Crippen LogP contribution in [0.1, 0.15) is 26.2 Å². The molecule has 1 atom stereocenters. The quantitative estimate of drug-likeness (QED) is 0.488. The van der Waals surface area contributed by atoms with Gasteiger partial charge in [-0.25, -0.2) is 0 Å². The van der Waals surface area contributed by atoms with Gasteiger partial charge in [0.2, 0.25) is 0 Å². The van der Waals surface area contributed by atoms with E-state index in [1.165, 1.54) is 0 Å². The maximum absolute atomic E-state index is 5.10. The van der Waals surface area contributed by atoms with E-state index in [-0.39, 0.29) is 0 Å². The molecule has 45 valence electrons. The van der Waals surface area contributed by atoms with Crippen molar-refractivity contribution in [3.8, 4) is 12.3 Å². The predicted octanol–water partition coefficient (Wildman–Crippen LogP) is 2.26. The number of hydrogen-bond acceptors (Lipinski definition) is 0. The van der Waals surface area contributed by atoms with Crippen LogP contribution in [0, 0.1) is 25.2 Å². The first kappa shape index (κ1) is 7.56. The Labute approximate surface area is 52.3 Å². The average molecular weight is 109 g/mol. The standard InChI is InChI=1S/C8H13/c1-4-7-8(5-2)6-3/h1,8H,2,5-7H2,3H3. The highest BCUT2D eigenvalue weighted by Crippen LogP contribution is 2.09. The molecule has 0 heterocycles. The second-order valence-electron chi connectivity index (χ2n) is 1.97. The summed E-state index contributed by atoms with van der Waals surface area (Å²) in [6.45, 7) is 5.93. The lowest BCUT2D eigenvalue weighted by molar-refractivity contribution is 0.530. The molecule has 1 unspecified atom stereocenters. The van der Waals surface area contributed by atoms with Crippen LogP contribution in [0.4, 0.5) is 0 Å². The van der Waals surface area contributed by atoms with Gasteiger partial charge in [-0.2, -0.15) is 0 Å². The Morgan fingerprint density at radius 2 is 2.38 bits per heavy atom. The summed E-state index contributed by atoms with van der Waals surface area (Å²) in [5, 5.41) is 0. The molecule has 0 aliphatic heterocycles. The topological polar surface area (TPSA) is 0 Å². The normalized spacial score (nSPS) is 9.25. The molecule has 0 aromatic rings. The third kappa shape index (κ3) is 2.69. The third-order valence-corrected chi connectivity index (χ3v) is 1.39. The van der Waals surface area contributed by atoms with Crippen molar-refractivity contribution in [2.24, 2.45) is 5.92 Å². The van der Waals surface area contributed by atoms with Crippen molar-refractivity contribution in [1.29, 1.82) is 0 Å². The lowest BCUT2D eigenvalue weighted by Gasteiger charge is -2.04. The van der Waals surface area contributed by atoms with Crippen LogP contribution in [0.25, 0.3) is 0 Å². The molecular formula is C8H13. The molecule has 0 N–H and O–H groups in total. The molecule has 1 radical (unpaired) electrons. The van der Waals surface area contributed by atoms with Crippen molar-refractivity contribution in [3.05, 3.63) is 6.92 Å². The van der Waals surface area contributed by atoms with Gasteiger partial charge < -0.3 is 0 Å². The Bertz CT molecular complexity index is 72.5. The van der Waals surface area contributed by atoms with E-state index in [9.17, 15) is 0 Å². The van der Waals surface area contributed by atoms with E-state index in [0.717, 1.165) is 19.3 Å². The van der Waals surface area contributed by atoms with Crippen molar-refractivity contribution in [2.75, 3.05) is 0 Å². The number of hydrogen-bond donors (Lipinski definition) is 0. The summed E-state index contributed by atoms with van der Waals surface area (Å²) in [4.78, 5) is 0. The molecule has 0 aromatic carbocycles. The van der Waals surface area contributed by atoms with Gasteiger partial charge in [-0.3, -0.25) is 0 Å². The Hall–Kier alpha value is -0.440. The van der Waals surface area contributed by atoms with E-state index in [1.807, 2.05) is 0 Å². The summed E-state index contributed by atoms with van der Waals surface area (Å²) in [6.07, 6.45) is 8.12. The molecule has 0 nitrogen and oxygen atoms in total. The van der Waals surface area contributed by atoms with Crippen LogP contribution < -0.4 is 0 Å². The summed E-state index contributed by atoms with van der Waals surface area (Å²) in [7, 11) is 0. The maximum atomic E-state index is 5.10. The first-order valence-corrected chi connectivity index (χ1v) is 3.07. The van der Waals surface area contributed by atoms with E-state index < -0.39 is 0 Å². The molecule has 0 aromatic heterocycles. The van der Waals surface area contributed by atoms with Crippen LogP contribution in [0.3, 0.4) is 0 Å². The molecule has 0 amide bonds. The number of terminal acetylenes is 1. The van der Waals surface area contributed by atoms with Crippen LogP contribution in [-0.4, -0.2) is 0 Å². The lowest BCUT2D eigenvalue weighted by Crippen LogP contribution is -1.93. The van der Waals surface area contributed by atoms with Crippen LogP contribution >= 0.6 is 0 Å². The molecule has 0 bridgehead atoms. The highest BCUT2D eigenvalue weighted by Gasteiger charge is 1.97. The summed E-state index contributed by atoms with van der Waals surface area (Å²) < 4.78 is 0. The van der Waals surface area contributed by atoms with Crippen LogP contribution in [0.2, 0.25) is 0 Å². The van der Waals surface area contributed by atoms with Crippen molar-refractivity contribution < 1.29 is 0 Å². The molecular weight excluding hydrogens is 96.1 g/mol. The molecule has 0 saturated heterocycles. The SMILES string of the molecule is C#CCC(C[CH2])CC. The minimum atomic E-state index is 0.653. The van der Waals surface area contributed by atoms with Crippen LogP contribution in [0.15, 0.2) is 0 Å². The van der Waals surface area contributed by atoms with Gasteiger partial charge >= 0.3 is 0 Å². The Kier molecular flexibility index (Phi) is 4.45. The minimum Gasteiger partial charge on any atom is -0.120 e. The predicted molar refractivity (Wildman–Crippen MR) is 37.2 cm³/mol. The second-order valence-corrected chi connectivity index (χ2v) is 1.97. The summed E-state index contributed by atoms with van der Waals surface area (Å²) in [6, 6.07) is 0. The fourth-order valence-electron chi connectivity index (χ4n) is 0.617. The fourth-order valence-corrected chi connectivity index (χ4v) is 0.617. The summed E-state index contributed by atoms with van der Waals surface area (Å²) in [5.74, 6) is 3.28. The van der Waals surface area contributed by atoms with Crippen molar-refractivity contribution in [2.45, 2.75) is 26.2 Å². The molecule has 0 saturated carbocycles. The lowest BCUT2D eigenvalue weighted by atomic mass is 10.0. The first-order valence-electron chi connectivity index (χ1n) is 3.07. The molecule has 0 aliphatic carbocycles. The van der Waals surface area contributed by atoms with Gasteiger partial charge in [0.05, 0.1) is 0 Å². The highest BCUT2D eigenvalue weighted by atomic mass is 14.0. The van der Waals surface area contributed by atoms with Gasteiger partial charge in [0.1, 0.15) is 0 Å². The molecule has 0 rings (SSSR count). The minimum absolute atomic E-state index is 0.653. The summed E-state index contributed by atoms with van der Waals surface area (Å²) >= 11 is 0.